The number of phenolic OH excluding ortho intramolecular Hbond substituents is 1. The number of hydrogen-bond acceptors (Lipinski definition) is 3. The van der Waals surface area contributed by atoms with E-state index in [0.29, 0.717) is 0 Å². The van der Waals surface area contributed by atoms with Gasteiger partial charge in [0.1, 0.15) is 11.0 Å². The van der Waals surface area contributed by atoms with Crippen LogP contribution in [0.4, 0.5) is 4.79 Å². The lowest BCUT2D eigenvalue weighted by molar-refractivity contribution is -0.119. The van der Waals surface area contributed by atoms with Crippen LogP contribution in [0.15, 0.2) is 12.1 Å². The Balaban J connectivity index is 2.83. The molecule has 2 unspecified atom stereocenters. The number of nitrogens with one attached hydrogen (secondary N) is 1. The average molecular weight is 335 g/mol. The molecule has 1 saturated heterocycles. The van der Waals surface area contributed by atoms with Gasteiger partial charge in [-0.25, -0.2) is 0 Å². The van der Waals surface area contributed by atoms with E-state index in [1.807, 2.05) is 20.8 Å². The molecule has 2 atom stereocenters. The molecule has 1 aliphatic rings. The molecule has 0 spiro atoms. The average Bonchev–Trinajstić information content (AvgIpc) is 2.61. The Hall–Kier alpha value is -1.62. The van der Waals surface area contributed by atoms with Crippen LogP contribution in [0.25, 0.3) is 0 Å². The highest BCUT2D eigenvalue weighted by atomic mass is 32.2. The maximum Gasteiger partial charge on any atom is 0.280 e. The Labute approximate surface area is 140 Å². The van der Waals surface area contributed by atoms with Gasteiger partial charge in [-0.1, -0.05) is 64.0 Å². The van der Waals surface area contributed by atoms with Crippen molar-refractivity contribution < 1.29 is 14.7 Å². The first-order valence-corrected chi connectivity index (χ1v) is 9.06. The molecule has 1 aromatic carbocycles. The molecule has 126 valence electrons. The first-order valence-electron chi connectivity index (χ1n) is 7.60. The van der Waals surface area contributed by atoms with E-state index in [1.165, 1.54) is 0 Å². The smallest absolute Gasteiger partial charge is 0.280 e. The summed E-state index contributed by atoms with van der Waals surface area (Å²) in [6.07, 6.45) is 0. The normalized spacial score (nSPS) is 22.3. The summed E-state index contributed by atoms with van der Waals surface area (Å²) < 4.78 is 0. The fourth-order valence-electron chi connectivity index (χ4n) is 3.16. The van der Waals surface area contributed by atoms with E-state index in [1.54, 1.807) is 12.1 Å². The third-order valence-corrected chi connectivity index (χ3v) is 5.60. The Bertz CT molecular complexity index is 708. The van der Waals surface area contributed by atoms with Crippen molar-refractivity contribution in [1.82, 2.24) is 5.32 Å². The van der Waals surface area contributed by atoms with E-state index < -0.39 is 15.7 Å². The number of benzene rings is 1. The van der Waals surface area contributed by atoms with Crippen LogP contribution >= 0.6 is 10.5 Å². The second-order valence-electron chi connectivity index (χ2n) is 8.01. The summed E-state index contributed by atoms with van der Waals surface area (Å²) in [6.45, 7) is 12.3. The number of amides is 2. The Kier molecular flexibility index (Phi) is 4.22. The predicted octanol–water partition coefficient (Wildman–Crippen LogP) is 3.98. The van der Waals surface area contributed by atoms with Crippen LogP contribution in [0.2, 0.25) is 0 Å². The maximum absolute atomic E-state index is 12.3. The minimum Gasteiger partial charge on any atom is -0.508 e. The molecule has 4 nitrogen and oxygen atoms in total. The molecule has 2 N–H and O–H groups in total. The van der Waals surface area contributed by atoms with Crippen LogP contribution in [0.1, 0.15) is 63.5 Å². The van der Waals surface area contributed by atoms with Crippen molar-refractivity contribution in [1.29, 1.82) is 0 Å². The fraction of sp³-hybridized carbons (Fsp3) is 0.500. The van der Waals surface area contributed by atoms with Crippen LogP contribution in [-0.4, -0.2) is 22.1 Å². The highest BCUT2D eigenvalue weighted by molar-refractivity contribution is 8.28. The molecule has 0 radical (unpaired) electrons. The van der Waals surface area contributed by atoms with E-state index in [2.05, 4.69) is 32.0 Å². The van der Waals surface area contributed by atoms with Gasteiger partial charge >= 0.3 is 0 Å². The summed E-state index contributed by atoms with van der Waals surface area (Å²) >= 11 is 0. The zero-order chi connectivity index (χ0) is 17.7. The van der Waals surface area contributed by atoms with E-state index in [-0.39, 0.29) is 27.7 Å². The summed E-state index contributed by atoms with van der Waals surface area (Å²) in [5.74, 6) is 3.82. The van der Waals surface area contributed by atoms with Crippen molar-refractivity contribution in [3.05, 3.63) is 28.8 Å². The molecule has 5 heteroatoms. The second kappa shape index (κ2) is 5.48. The number of carbonyl (C=O) groups excluding carboxylic acids is 2. The zero-order valence-electron chi connectivity index (χ0n) is 14.6. The molecule has 2 rings (SSSR count). The van der Waals surface area contributed by atoms with E-state index in [4.69, 9.17) is 0 Å². The summed E-state index contributed by atoms with van der Waals surface area (Å²) in [6, 6.07) is 3.39. The summed E-state index contributed by atoms with van der Waals surface area (Å²) in [4.78, 5) is 24.1. The molecule has 1 aliphatic heterocycles. The lowest BCUT2D eigenvalue weighted by Gasteiger charge is -2.34. The van der Waals surface area contributed by atoms with E-state index in [0.717, 1.165) is 16.7 Å². The van der Waals surface area contributed by atoms with Crippen LogP contribution in [0, 0.1) is 0 Å². The number of imide groups is 1. The molecular formula is C18H25NO3S. The lowest BCUT2D eigenvalue weighted by atomic mass is 9.72. The molecule has 1 fully saturated rings. The van der Waals surface area contributed by atoms with E-state index in [9.17, 15) is 14.7 Å². The van der Waals surface area contributed by atoms with Gasteiger partial charge in [-0.05, 0) is 28.0 Å². The van der Waals surface area contributed by atoms with Gasteiger partial charge in [0.25, 0.3) is 5.24 Å². The van der Waals surface area contributed by atoms with Crippen LogP contribution in [0.5, 0.6) is 5.75 Å². The summed E-state index contributed by atoms with van der Waals surface area (Å²) in [7, 11) is -0.954. The third kappa shape index (κ3) is 3.07. The minimum atomic E-state index is -0.954. The number of phenols is 1. The van der Waals surface area contributed by atoms with Gasteiger partial charge in [0.15, 0.2) is 0 Å². The number of hydrogen-bond donors (Lipinski definition) is 2. The number of aromatic hydroxyl groups is 1. The number of carbonyl (C=O) groups is 2. The fourth-order valence-corrected chi connectivity index (χ4v) is 4.42. The van der Waals surface area contributed by atoms with Gasteiger partial charge in [0.2, 0.25) is 5.91 Å². The van der Waals surface area contributed by atoms with Gasteiger partial charge in [0.05, 0.1) is 0 Å². The zero-order valence-corrected chi connectivity index (χ0v) is 15.4. The van der Waals surface area contributed by atoms with E-state index >= 15 is 0 Å². The van der Waals surface area contributed by atoms with Gasteiger partial charge in [0, 0.05) is 5.56 Å². The first kappa shape index (κ1) is 17.7. The highest BCUT2D eigenvalue weighted by Gasteiger charge is 2.40. The van der Waals surface area contributed by atoms with Crippen LogP contribution in [-0.2, 0) is 15.6 Å². The van der Waals surface area contributed by atoms with Gasteiger partial charge in [-0.2, -0.15) is 0 Å². The van der Waals surface area contributed by atoms with Gasteiger partial charge < -0.3 is 5.11 Å². The van der Waals surface area contributed by atoms with Crippen molar-refractivity contribution in [2.75, 3.05) is 0 Å². The lowest BCUT2D eigenvalue weighted by Crippen LogP contribution is -2.27. The SMILES string of the molecule is C=S1C(=O)NC(=O)C1c1ccc(O)c(C(C)(C)C)c1C(C)(C)C. The van der Waals surface area contributed by atoms with Crippen molar-refractivity contribution >= 4 is 27.5 Å². The Morgan fingerprint density at radius 1 is 1.04 bits per heavy atom. The summed E-state index contributed by atoms with van der Waals surface area (Å²) in [5, 5.41) is 11.9. The molecule has 1 aromatic rings. The molecule has 0 bridgehead atoms. The van der Waals surface area contributed by atoms with Gasteiger partial charge in [-0.3, -0.25) is 14.9 Å². The number of rotatable bonds is 1. The van der Waals surface area contributed by atoms with Crippen molar-refractivity contribution in [2.24, 2.45) is 0 Å². The predicted molar refractivity (Wildman–Crippen MR) is 96.5 cm³/mol. The van der Waals surface area contributed by atoms with Crippen LogP contribution < -0.4 is 5.32 Å². The molecule has 2 amide bonds. The molecule has 0 aromatic heterocycles. The van der Waals surface area contributed by atoms with Gasteiger partial charge in [-0.15, -0.1) is 0 Å². The molecule has 0 saturated carbocycles. The molecule has 1 heterocycles. The molecule has 23 heavy (non-hydrogen) atoms. The third-order valence-electron chi connectivity index (χ3n) is 3.98. The van der Waals surface area contributed by atoms with Crippen molar-refractivity contribution in [3.8, 4) is 5.75 Å². The van der Waals surface area contributed by atoms with Crippen LogP contribution in [0.3, 0.4) is 0 Å². The first-order chi connectivity index (χ1) is 10.4. The second-order valence-corrected chi connectivity index (χ2v) is 9.71. The van der Waals surface area contributed by atoms with Crippen molar-refractivity contribution in [2.45, 2.75) is 57.6 Å². The Morgan fingerprint density at radius 2 is 1.57 bits per heavy atom. The standard InChI is InChI=1S/C18H25NO3S/c1-17(2,3)12-10(14-15(21)19-16(22)23(14)7)8-9-11(20)13(12)18(4,5)6/h8-9,14,20H,7H2,1-6H3,(H,19,21,22). The highest BCUT2D eigenvalue weighted by Crippen LogP contribution is 2.48. The maximum atomic E-state index is 12.3. The minimum absolute atomic E-state index is 0.222. The molecule has 0 aliphatic carbocycles. The van der Waals surface area contributed by atoms with Crippen molar-refractivity contribution in [3.63, 3.8) is 0 Å². The Morgan fingerprint density at radius 3 is 1.96 bits per heavy atom. The largest absolute Gasteiger partial charge is 0.508 e. The topological polar surface area (TPSA) is 66.4 Å². The molecular weight excluding hydrogens is 310 g/mol. The monoisotopic (exact) mass is 335 g/mol. The quantitative estimate of drug-likeness (QED) is 0.763. The summed E-state index contributed by atoms with van der Waals surface area (Å²) in [5.41, 5.74) is 1.98.